The summed E-state index contributed by atoms with van der Waals surface area (Å²) in [6.45, 7) is 5.62. The molecular weight excluding hydrogens is 294 g/mol. The Morgan fingerprint density at radius 2 is 1.76 bits per heavy atom. The average molecular weight is 319 g/mol. The first-order valence-electron chi connectivity index (χ1n) is 7.62. The molecule has 0 aromatic heterocycles. The zero-order valence-electron chi connectivity index (χ0n) is 12.6. The van der Waals surface area contributed by atoms with Gasteiger partial charge in [0.05, 0.1) is 0 Å². The van der Waals surface area contributed by atoms with Crippen LogP contribution < -0.4 is 5.32 Å². The third-order valence-electron chi connectivity index (χ3n) is 4.01. The van der Waals surface area contributed by atoms with Crippen LogP contribution in [0.1, 0.15) is 44.2 Å². The van der Waals surface area contributed by atoms with E-state index in [1.54, 1.807) is 0 Å². The van der Waals surface area contributed by atoms with Gasteiger partial charge in [-0.05, 0) is 18.6 Å². The Kier molecular flexibility index (Phi) is 8.15. The van der Waals surface area contributed by atoms with Gasteiger partial charge in [0.2, 0.25) is 0 Å². The predicted molar refractivity (Wildman–Crippen MR) is 84.9 cm³/mol. The van der Waals surface area contributed by atoms with Gasteiger partial charge >= 0.3 is 0 Å². The molecule has 120 valence electrons. The fourth-order valence-corrected chi connectivity index (χ4v) is 2.92. The van der Waals surface area contributed by atoms with Crippen molar-refractivity contribution in [3.05, 3.63) is 35.4 Å². The molecule has 1 N–H and O–H groups in total. The molecule has 5 heteroatoms. The quantitative estimate of drug-likeness (QED) is 0.800. The molecule has 0 amide bonds. The summed E-state index contributed by atoms with van der Waals surface area (Å²) in [5.41, 5.74) is 0.255. The van der Waals surface area contributed by atoms with Crippen LogP contribution in [0.15, 0.2) is 18.2 Å². The van der Waals surface area contributed by atoms with Crippen LogP contribution in [0.4, 0.5) is 8.78 Å². The lowest BCUT2D eigenvalue weighted by Crippen LogP contribution is -2.45. The van der Waals surface area contributed by atoms with E-state index >= 15 is 0 Å². The topological polar surface area (TPSA) is 15.3 Å². The number of nitrogens with zero attached hydrogens (tertiary/aromatic N) is 1. The number of hydrogen-bond donors (Lipinski definition) is 1. The van der Waals surface area contributed by atoms with E-state index in [4.69, 9.17) is 0 Å². The number of piperazine rings is 1. The summed E-state index contributed by atoms with van der Waals surface area (Å²) in [5.74, 6) is -0.824. The van der Waals surface area contributed by atoms with Crippen molar-refractivity contribution >= 4 is 12.4 Å². The van der Waals surface area contributed by atoms with E-state index < -0.39 is 11.6 Å². The normalized spacial score (nSPS) is 17.3. The Bertz CT molecular complexity index is 402. The molecule has 0 saturated carbocycles. The highest BCUT2D eigenvalue weighted by molar-refractivity contribution is 5.85. The number of nitrogens with one attached hydrogen (secondary N) is 1. The monoisotopic (exact) mass is 318 g/mol. The average Bonchev–Trinajstić information content (AvgIpc) is 2.46. The zero-order chi connectivity index (χ0) is 14.4. The van der Waals surface area contributed by atoms with E-state index in [9.17, 15) is 8.78 Å². The molecule has 1 aliphatic heterocycles. The Morgan fingerprint density at radius 3 is 2.33 bits per heavy atom. The summed E-state index contributed by atoms with van der Waals surface area (Å²) in [5, 5.41) is 3.29. The standard InChI is InChI=1S/C16H24F2N2.ClH/c1-2-3-4-8-15(20-11-9-19-10-12-20)16-13(17)6-5-7-14(16)18;/h5-7,15,19H,2-4,8-12H2,1H3;1H/t15-;/m0./s1. The summed E-state index contributed by atoms with van der Waals surface area (Å²) in [4.78, 5) is 2.22. The number of unbranched alkanes of at least 4 members (excludes halogenated alkanes) is 2. The Hall–Kier alpha value is -0.710. The van der Waals surface area contributed by atoms with Gasteiger partial charge in [-0.1, -0.05) is 32.3 Å². The molecule has 1 aromatic carbocycles. The van der Waals surface area contributed by atoms with Crippen molar-refractivity contribution in [1.29, 1.82) is 0 Å². The molecule has 2 nitrogen and oxygen atoms in total. The maximum atomic E-state index is 14.1. The summed E-state index contributed by atoms with van der Waals surface area (Å²) >= 11 is 0. The molecule has 1 aromatic rings. The van der Waals surface area contributed by atoms with Crippen molar-refractivity contribution in [3.63, 3.8) is 0 Å². The lowest BCUT2D eigenvalue weighted by molar-refractivity contribution is 0.156. The van der Waals surface area contributed by atoms with Crippen LogP contribution in [-0.4, -0.2) is 31.1 Å². The predicted octanol–water partition coefficient (Wildman–Crippen LogP) is 3.91. The molecule has 1 fully saturated rings. The highest BCUT2D eigenvalue weighted by Gasteiger charge is 2.26. The number of benzene rings is 1. The molecule has 0 radical (unpaired) electrons. The fraction of sp³-hybridized carbons (Fsp3) is 0.625. The first kappa shape index (κ1) is 18.3. The summed E-state index contributed by atoms with van der Waals surface area (Å²) < 4.78 is 28.2. The first-order chi connectivity index (χ1) is 9.74. The van der Waals surface area contributed by atoms with E-state index in [1.165, 1.54) is 18.2 Å². The first-order valence-corrected chi connectivity index (χ1v) is 7.62. The van der Waals surface area contributed by atoms with Crippen LogP contribution in [0.25, 0.3) is 0 Å². The maximum absolute atomic E-state index is 14.1. The molecule has 1 aliphatic rings. The second-order valence-electron chi connectivity index (χ2n) is 5.43. The van der Waals surface area contributed by atoms with Gasteiger partial charge in [0.15, 0.2) is 0 Å². The highest BCUT2D eigenvalue weighted by atomic mass is 35.5. The second-order valence-corrected chi connectivity index (χ2v) is 5.43. The fourth-order valence-electron chi connectivity index (χ4n) is 2.92. The highest BCUT2D eigenvalue weighted by Crippen LogP contribution is 2.30. The van der Waals surface area contributed by atoms with Crippen LogP contribution >= 0.6 is 12.4 Å². The minimum Gasteiger partial charge on any atom is -0.314 e. The van der Waals surface area contributed by atoms with Crippen LogP contribution in [0, 0.1) is 11.6 Å². The molecule has 0 unspecified atom stereocenters. The SMILES string of the molecule is CCCCC[C@@H](c1c(F)cccc1F)N1CCNCC1.Cl. The van der Waals surface area contributed by atoms with Gasteiger partial charge in [0.1, 0.15) is 11.6 Å². The summed E-state index contributed by atoms with van der Waals surface area (Å²) in [7, 11) is 0. The number of hydrogen-bond acceptors (Lipinski definition) is 2. The van der Waals surface area contributed by atoms with E-state index in [1.807, 2.05) is 0 Å². The molecule has 0 aliphatic carbocycles. The van der Waals surface area contributed by atoms with Crippen LogP contribution in [0.5, 0.6) is 0 Å². The molecular formula is C16H25ClF2N2. The molecule has 1 atom stereocenters. The van der Waals surface area contributed by atoms with Gasteiger partial charge < -0.3 is 5.32 Å². The lowest BCUT2D eigenvalue weighted by atomic mass is 9.97. The Morgan fingerprint density at radius 1 is 1.14 bits per heavy atom. The second kappa shape index (κ2) is 9.34. The van der Waals surface area contributed by atoms with Gasteiger partial charge in [0.25, 0.3) is 0 Å². The minimum absolute atomic E-state index is 0. The molecule has 21 heavy (non-hydrogen) atoms. The summed E-state index contributed by atoms with van der Waals surface area (Å²) in [6.07, 6.45) is 4.07. The maximum Gasteiger partial charge on any atom is 0.130 e. The van der Waals surface area contributed by atoms with Crippen molar-refractivity contribution in [2.75, 3.05) is 26.2 Å². The van der Waals surface area contributed by atoms with Crippen molar-refractivity contribution in [2.45, 2.75) is 38.6 Å². The molecule has 2 rings (SSSR count). The van der Waals surface area contributed by atoms with E-state index in [0.717, 1.165) is 51.9 Å². The van der Waals surface area contributed by atoms with Gasteiger partial charge in [-0.25, -0.2) is 8.78 Å². The molecule has 1 heterocycles. The van der Waals surface area contributed by atoms with Crippen molar-refractivity contribution in [3.8, 4) is 0 Å². The number of halogens is 3. The van der Waals surface area contributed by atoms with E-state index in [-0.39, 0.29) is 24.0 Å². The van der Waals surface area contributed by atoms with Gasteiger partial charge in [-0.15, -0.1) is 12.4 Å². The van der Waals surface area contributed by atoms with E-state index in [2.05, 4.69) is 17.1 Å². The zero-order valence-corrected chi connectivity index (χ0v) is 13.4. The Labute approximate surface area is 132 Å². The van der Waals surface area contributed by atoms with Crippen LogP contribution in [0.3, 0.4) is 0 Å². The molecule has 1 saturated heterocycles. The molecule has 0 bridgehead atoms. The third-order valence-corrected chi connectivity index (χ3v) is 4.01. The van der Waals surface area contributed by atoms with Crippen molar-refractivity contribution in [2.24, 2.45) is 0 Å². The minimum atomic E-state index is -0.412. The third kappa shape index (κ3) is 4.90. The summed E-state index contributed by atoms with van der Waals surface area (Å²) in [6, 6.07) is 4.04. The van der Waals surface area contributed by atoms with Crippen molar-refractivity contribution in [1.82, 2.24) is 10.2 Å². The van der Waals surface area contributed by atoms with Crippen LogP contribution in [0.2, 0.25) is 0 Å². The Balaban J connectivity index is 0.00000220. The number of rotatable bonds is 6. The van der Waals surface area contributed by atoms with Crippen molar-refractivity contribution < 1.29 is 8.78 Å². The van der Waals surface area contributed by atoms with Crippen LogP contribution in [-0.2, 0) is 0 Å². The van der Waals surface area contributed by atoms with Gasteiger partial charge in [0, 0.05) is 37.8 Å². The smallest absolute Gasteiger partial charge is 0.130 e. The largest absolute Gasteiger partial charge is 0.314 e. The lowest BCUT2D eigenvalue weighted by Gasteiger charge is -2.35. The molecule has 0 spiro atoms. The van der Waals surface area contributed by atoms with E-state index in [0.29, 0.717) is 0 Å². The van der Waals surface area contributed by atoms with Gasteiger partial charge in [-0.2, -0.15) is 0 Å². The van der Waals surface area contributed by atoms with Gasteiger partial charge in [-0.3, -0.25) is 4.90 Å².